The summed E-state index contributed by atoms with van der Waals surface area (Å²) in [6.07, 6.45) is -2.48. The smallest absolute Gasteiger partial charge is 0.475 e. The van der Waals surface area contributed by atoms with Gasteiger partial charge < -0.3 is 20.2 Å². The molecule has 0 saturated heterocycles. The van der Waals surface area contributed by atoms with Crippen LogP contribution in [0.5, 0.6) is 0 Å². The topological polar surface area (TPSA) is 117 Å². The van der Waals surface area contributed by atoms with E-state index in [0.717, 1.165) is 51.5 Å². The minimum Gasteiger partial charge on any atom is -0.475 e. The zero-order chi connectivity index (χ0) is 24.9. The predicted octanol–water partition coefficient (Wildman–Crippen LogP) is 4.03. The lowest BCUT2D eigenvalue weighted by atomic mass is 10.0. The van der Waals surface area contributed by atoms with Crippen LogP contribution in [-0.4, -0.2) is 52.5 Å². The van der Waals surface area contributed by atoms with Crippen molar-refractivity contribution in [3.63, 3.8) is 0 Å². The number of benzene rings is 1. The van der Waals surface area contributed by atoms with Crippen molar-refractivity contribution in [3.05, 3.63) is 65.5 Å². The summed E-state index contributed by atoms with van der Waals surface area (Å²) < 4.78 is 31.7. The number of carboxylic acid groups (broad SMARTS) is 1. The van der Waals surface area contributed by atoms with Crippen molar-refractivity contribution in [1.29, 1.82) is 0 Å². The SMILES string of the molecule is CO/N=C(\C)c1cccc(-c2cc(-c3cc4c([nH]3)CCNC4=O)ccn2)c1.O=C(O)C(F)(F)F. The van der Waals surface area contributed by atoms with Crippen LogP contribution in [0, 0.1) is 0 Å². The maximum atomic E-state index is 12.0. The van der Waals surface area contributed by atoms with Gasteiger partial charge in [-0.2, -0.15) is 13.2 Å². The van der Waals surface area contributed by atoms with E-state index in [9.17, 15) is 18.0 Å². The number of hydrogen-bond acceptors (Lipinski definition) is 5. The number of nitrogens with zero attached hydrogens (tertiary/aromatic N) is 2. The van der Waals surface area contributed by atoms with E-state index in [0.29, 0.717) is 6.54 Å². The molecule has 0 radical (unpaired) electrons. The number of carboxylic acids is 1. The number of nitrogens with one attached hydrogen (secondary N) is 2. The highest BCUT2D eigenvalue weighted by atomic mass is 19.4. The summed E-state index contributed by atoms with van der Waals surface area (Å²) in [6.45, 7) is 2.57. The first-order chi connectivity index (χ1) is 16.1. The molecule has 3 aromatic rings. The lowest BCUT2D eigenvalue weighted by molar-refractivity contribution is -0.192. The summed E-state index contributed by atoms with van der Waals surface area (Å²) in [4.78, 5) is 33.7. The van der Waals surface area contributed by atoms with Crippen LogP contribution >= 0.6 is 0 Å². The molecule has 0 unspecified atom stereocenters. The number of aromatic amines is 1. The summed E-state index contributed by atoms with van der Waals surface area (Å²) in [5.74, 6) is -2.78. The lowest BCUT2D eigenvalue weighted by Crippen LogP contribution is -2.31. The summed E-state index contributed by atoms with van der Waals surface area (Å²) in [7, 11) is 1.54. The first-order valence-electron chi connectivity index (χ1n) is 10.1. The molecule has 3 heterocycles. The highest BCUT2D eigenvalue weighted by Gasteiger charge is 2.38. The molecule has 0 aliphatic carbocycles. The fourth-order valence-electron chi connectivity index (χ4n) is 3.30. The number of hydrogen-bond donors (Lipinski definition) is 3. The third-order valence-electron chi connectivity index (χ3n) is 4.92. The predicted molar refractivity (Wildman–Crippen MR) is 118 cm³/mol. The molecule has 4 rings (SSSR count). The highest BCUT2D eigenvalue weighted by molar-refractivity contribution is 5.99. The molecule has 0 bridgehead atoms. The second-order valence-corrected chi connectivity index (χ2v) is 7.25. The van der Waals surface area contributed by atoms with Gasteiger partial charge in [-0.1, -0.05) is 23.4 Å². The Morgan fingerprint density at radius 3 is 2.56 bits per heavy atom. The van der Waals surface area contributed by atoms with Crippen LogP contribution in [0.2, 0.25) is 0 Å². The fourth-order valence-corrected chi connectivity index (χ4v) is 3.30. The van der Waals surface area contributed by atoms with Crippen LogP contribution in [0.4, 0.5) is 13.2 Å². The standard InChI is InChI=1S/C21H20N4O2.C2HF3O2/c1-13(25-27-2)14-4-3-5-15(10-14)19-11-16(6-8-22-19)20-12-17-18(24-20)7-9-23-21(17)26;3-2(4,5)1(6)7/h3-6,8,10-12,24H,7,9H2,1-2H3,(H,23,26);(H,6,7)/b25-13+;. The third-order valence-corrected chi connectivity index (χ3v) is 4.92. The Morgan fingerprint density at radius 2 is 1.91 bits per heavy atom. The maximum absolute atomic E-state index is 12.0. The van der Waals surface area contributed by atoms with E-state index < -0.39 is 12.1 Å². The van der Waals surface area contributed by atoms with E-state index in [4.69, 9.17) is 14.7 Å². The van der Waals surface area contributed by atoms with Crippen LogP contribution in [0.3, 0.4) is 0 Å². The summed E-state index contributed by atoms with van der Waals surface area (Å²) in [5.41, 5.74) is 7.27. The normalized spacial score (nSPS) is 13.3. The average Bonchev–Trinajstić information content (AvgIpc) is 3.25. The molecular formula is C23H21F3N4O4. The van der Waals surface area contributed by atoms with Crippen molar-refractivity contribution in [3.8, 4) is 22.5 Å². The van der Waals surface area contributed by atoms with Gasteiger partial charge in [0.25, 0.3) is 5.91 Å². The summed E-state index contributed by atoms with van der Waals surface area (Å²) in [6, 6.07) is 13.9. The first kappa shape index (κ1) is 24.5. The quantitative estimate of drug-likeness (QED) is 0.390. The van der Waals surface area contributed by atoms with Crippen LogP contribution in [0.15, 0.2) is 53.8 Å². The molecule has 34 heavy (non-hydrogen) atoms. The van der Waals surface area contributed by atoms with Gasteiger partial charge in [0.2, 0.25) is 0 Å². The van der Waals surface area contributed by atoms with Gasteiger partial charge in [0.1, 0.15) is 7.11 Å². The van der Waals surface area contributed by atoms with E-state index in [1.165, 1.54) is 7.11 Å². The van der Waals surface area contributed by atoms with Crippen LogP contribution in [0.25, 0.3) is 22.5 Å². The fraction of sp³-hybridized carbons (Fsp3) is 0.217. The molecule has 1 aromatic carbocycles. The monoisotopic (exact) mass is 474 g/mol. The molecule has 1 amide bonds. The van der Waals surface area contributed by atoms with E-state index in [1.807, 2.05) is 49.4 Å². The third kappa shape index (κ3) is 5.80. The second kappa shape index (κ2) is 10.2. The lowest BCUT2D eigenvalue weighted by Gasteiger charge is -2.11. The average molecular weight is 474 g/mol. The van der Waals surface area contributed by atoms with E-state index >= 15 is 0 Å². The Morgan fingerprint density at radius 1 is 1.18 bits per heavy atom. The molecule has 1 aliphatic heterocycles. The number of alkyl halides is 3. The zero-order valence-corrected chi connectivity index (χ0v) is 18.2. The maximum Gasteiger partial charge on any atom is 0.490 e. The molecule has 0 spiro atoms. The van der Waals surface area contributed by atoms with Crippen molar-refractivity contribution >= 4 is 17.6 Å². The molecular weight excluding hydrogens is 453 g/mol. The van der Waals surface area contributed by atoms with Crippen LogP contribution in [0.1, 0.15) is 28.5 Å². The summed E-state index contributed by atoms with van der Waals surface area (Å²) >= 11 is 0. The second-order valence-electron chi connectivity index (χ2n) is 7.25. The molecule has 0 atom stereocenters. The largest absolute Gasteiger partial charge is 0.490 e. The number of rotatable bonds is 4. The number of carbonyl (C=O) groups is 2. The zero-order valence-electron chi connectivity index (χ0n) is 18.2. The molecule has 0 saturated carbocycles. The van der Waals surface area contributed by atoms with Crippen LogP contribution < -0.4 is 5.32 Å². The van der Waals surface area contributed by atoms with E-state index in [-0.39, 0.29) is 5.91 Å². The van der Waals surface area contributed by atoms with Crippen molar-refractivity contribution < 1.29 is 32.7 Å². The van der Waals surface area contributed by atoms with Gasteiger partial charge >= 0.3 is 12.1 Å². The molecule has 2 aromatic heterocycles. The van der Waals surface area contributed by atoms with Gasteiger partial charge in [0, 0.05) is 41.7 Å². The van der Waals surface area contributed by atoms with Gasteiger partial charge in [0.05, 0.1) is 17.0 Å². The minimum atomic E-state index is -5.08. The van der Waals surface area contributed by atoms with Crippen molar-refractivity contribution in [1.82, 2.24) is 15.3 Å². The minimum absolute atomic E-state index is 0.0198. The molecule has 0 fully saturated rings. The number of aliphatic carboxylic acids is 1. The molecule has 8 nitrogen and oxygen atoms in total. The molecule has 11 heteroatoms. The molecule has 3 N–H and O–H groups in total. The van der Waals surface area contributed by atoms with Gasteiger partial charge in [-0.05, 0) is 36.8 Å². The highest BCUT2D eigenvalue weighted by Crippen LogP contribution is 2.27. The van der Waals surface area contributed by atoms with Gasteiger partial charge in [-0.15, -0.1) is 0 Å². The Labute approximate surface area is 192 Å². The molecule has 1 aliphatic rings. The summed E-state index contributed by atoms with van der Waals surface area (Å²) in [5, 5.41) is 14.0. The van der Waals surface area contributed by atoms with Gasteiger partial charge in [-0.25, -0.2) is 4.79 Å². The number of oxime groups is 1. The number of fused-ring (bicyclic) bond motifs is 1. The number of carbonyl (C=O) groups excluding carboxylic acids is 1. The molecule has 178 valence electrons. The number of aromatic nitrogens is 2. The van der Waals surface area contributed by atoms with Gasteiger partial charge in [-0.3, -0.25) is 9.78 Å². The van der Waals surface area contributed by atoms with E-state index in [1.54, 1.807) is 6.20 Å². The van der Waals surface area contributed by atoms with Gasteiger partial charge in [0.15, 0.2) is 0 Å². The number of pyridine rings is 1. The number of amides is 1. The van der Waals surface area contributed by atoms with Crippen LogP contribution in [-0.2, 0) is 16.1 Å². The Hall–Kier alpha value is -4.15. The van der Waals surface area contributed by atoms with E-state index in [2.05, 4.69) is 20.4 Å². The Bertz CT molecular complexity index is 1230. The Kier molecular flexibility index (Phi) is 7.34. The van der Waals surface area contributed by atoms with Crippen molar-refractivity contribution in [2.45, 2.75) is 19.5 Å². The van der Waals surface area contributed by atoms with Crippen molar-refractivity contribution in [2.75, 3.05) is 13.7 Å². The Balaban J connectivity index is 0.000000406. The first-order valence-corrected chi connectivity index (χ1v) is 10.1. The number of H-pyrrole nitrogens is 1. The van der Waals surface area contributed by atoms with Crippen molar-refractivity contribution in [2.24, 2.45) is 5.16 Å². The number of halogens is 3.